The Balaban J connectivity index is 1.54. The van der Waals surface area contributed by atoms with Crippen LogP contribution in [0.25, 0.3) is 21.9 Å². The van der Waals surface area contributed by atoms with Crippen LogP contribution >= 0.6 is 0 Å². The minimum absolute atomic E-state index is 0.0727. The predicted octanol–water partition coefficient (Wildman–Crippen LogP) is 4.02. The molecule has 3 unspecified atom stereocenters. The van der Waals surface area contributed by atoms with Crippen molar-refractivity contribution in [1.82, 2.24) is 4.90 Å². The molecule has 0 saturated carbocycles. The van der Waals surface area contributed by atoms with Crippen molar-refractivity contribution in [3.05, 3.63) is 42.5 Å². The number of ether oxygens (including phenoxy) is 1. The average molecular weight is 352 g/mol. The summed E-state index contributed by atoms with van der Waals surface area (Å²) >= 11 is 0. The first-order valence-corrected chi connectivity index (χ1v) is 9.13. The van der Waals surface area contributed by atoms with Crippen LogP contribution in [0.3, 0.4) is 0 Å². The van der Waals surface area contributed by atoms with Crippen LogP contribution in [0.2, 0.25) is 0 Å². The molecular formula is C21H24N2O3. The van der Waals surface area contributed by atoms with E-state index >= 15 is 0 Å². The molecule has 4 rings (SSSR count). The van der Waals surface area contributed by atoms with Crippen LogP contribution in [0.15, 0.2) is 46.9 Å². The van der Waals surface area contributed by atoms with E-state index < -0.39 is 0 Å². The van der Waals surface area contributed by atoms with E-state index in [1.165, 1.54) is 0 Å². The van der Waals surface area contributed by atoms with E-state index in [1.807, 2.05) is 56.0 Å². The van der Waals surface area contributed by atoms with E-state index in [0.717, 1.165) is 27.6 Å². The monoisotopic (exact) mass is 352 g/mol. The minimum atomic E-state index is -0.303. The van der Waals surface area contributed by atoms with Crippen molar-refractivity contribution < 1.29 is 13.9 Å². The van der Waals surface area contributed by atoms with E-state index in [0.29, 0.717) is 13.1 Å². The second-order valence-electron chi connectivity index (χ2n) is 7.18. The maximum atomic E-state index is 12.8. The van der Waals surface area contributed by atoms with Crippen molar-refractivity contribution in [2.75, 3.05) is 18.4 Å². The van der Waals surface area contributed by atoms with Gasteiger partial charge in [-0.25, -0.2) is 0 Å². The number of amides is 1. The highest BCUT2D eigenvalue weighted by atomic mass is 16.5. The Bertz CT molecular complexity index is 939. The smallest absolute Gasteiger partial charge is 0.244 e. The van der Waals surface area contributed by atoms with Crippen molar-refractivity contribution in [3.8, 4) is 0 Å². The lowest BCUT2D eigenvalue weighted by atomic mass is 10.1. The number of nitrogens with zero attached hydrogens (tertiary/aromatic N) is 1. The summed E-state index contributed by atoms with van der Waals surface area (Å²) in [5, 5.41) is 5.48. The molecule has 1 aliphatic rings. The van der Waals surface area contributed by atoms with E-state index in [2.05, 4.69) is 17.4 Å². The number of para-hydroxylation sites is 1. The summed E-state index contributed by atoms with van der Waals surface area (Å²) in [7, 11) is 0. The Hall–Kier alpha value is -2.53. The molecule has 0 radical (unpaired) electrons. The molecule has 0 aliphatic carbocycles. The Morgan fingerprint density at radius 2 is 1.77 bits per heavy atom. The number of benzene rings is 2. The van der Waals surface area contributed by atoms with Gasteiger partial charge in [-0.3, -0.25) is 4.79 Å². The highest BCUT2D eigenvalue weighted by molar-refractivity contribution is 6.06. The molecule has 3 atom stereocenters. The van der Waals surface area contributed by atoms with Gasteiger partial charge >= 0.3 is 0 Å². The van der Waals surface area contributed by atoms with Gasteiger partial charge in [0, 0.05) is 29.5 Å². The average Bonchev–Trinajstić information content (AvgIpc) is 2.98. The zero-order chi connectivity index (χ0) is 18.3. The third kappa shape index (κ3) is 3.15. The summed E-state index contributed by atoms with van der Waals surface area (Å²) in [6.45, 7) is 7.20. The van der Waals surface area contributed by atoms with Crippen LogP contribution in [-0.2, 0) is 9.53 Å². The molecule has 3 aromatic rings. The van der Waals surface area contributed by atoms with Crippen LogP contribution in [0.5, 0.6) is 0 Å². The van der Waals surface area contributed by atoms with Gasteiger partial charge in [0.2, 0.25) is 5.91 Å². The molecule has 0 bridgehead atoms. The predicted molar refractivity (Wildman–Crippen MR) is 103 cm³/mol. The van der Waals surface area contributed by atoms with Crippen molar-refractivity contribution in [2.24, 2.45) is 0 Å². The van der Waals surface area contributed by atoms with Gasteiger partial charge in [0.1, 0.15) is 17.2 Å². The van der Waals surface area contributed by atoms with Gasteiger partial charge in [-0.2, -0.15) is 0 Å². The number of furan rings is 1. The Morgan fingerprint density at radius 3 is 2.54 bits per heavy atom. The highest BCUT2D eigenvalue weighted by Gasteiger charge is 2.28. The van der Waals surface area contributed by atoms with E-state index in [-0.39, 0.29) is 24.2 Å². The number of fused-ring (bicyclic) bond motifs is 3. The van der Waals surface area contributed by atoms with Gasteiger partial charge in [-0.15, -0.1) is 0 Å². The Kier molecular flexibility index (Phi) is 4.32. The molecule has 1 aliphatic heterocycles. The first-order valence-electron chi connectivity index (χ1n) is 9.13. The van der Waals surface area contributed by atoms with Crippen molar-refractivity contribution in [2.45, 2.75) is 39.0 Å². The quantitative estimate of drug-likeness (QED) is 0.773. The van der Waals surface area contributed by atoms with Gasteiger partial charge in [-0.05, 0) is 45.0 Å². The van der Waals surface area contributed by atoms with Crippen LogP contribution in [0.1, 0.15) is 20.8 Å². The molecule has 5 heteroatoms. The maximum absolute atomic E-state index is 12.8. The SMILES string of the molecule is CC1CN(C(=O)C(C)Nc2ccc3oc4ccccc4c3c2)CC(C)O1. The van der Waals surface area contributed by atoms with Crippen molar-refractivity contribution in [1.29, 1.82) is 0 Å². The van der Waals surface area contributed by atoms with Gasteiger partial charge in [0.15, 0.2) is 0 Å². The maximum Gasteiger partial charge on any atom is 0.244 e. The summed E-state index contributed by atoms with van der Waals surface area (Å²) in [5.41, 5.74) is 2.64. The summed E-state index contributed by atoms with van der Waals surface area (Å²) in [6, 6.07) is 13.6. The molecule has 5 nitrogen and oxygen atoms in total. The third-order valence-electron chi connectivity index (χ3n) is 4.86. The number of carbonyl (C=O) groups excluding carboxylic acids is 1. The van der Waals surface area contributed by atoms with Crippen molar-refractivity contribution in [3.63, 3.8) is 0 Å². The molecule has 26 heavy (non-hydrogen) atoms. The van der Waals surface area contributed by atoms with Crippen LogP contribution in [0.4, 0.5) is 5.69 Å². The summed E-state index contributed by atoms with van der Waals surface area (Å²) < 4.78 is 11.6. The number of rotatable bonds is 3. The number of carbonyl (C=O) groups is 1. The molecule has 2 heterocycles. The molecule has 1 saturated heterocycles. The van der Waals surface area contributed by atoms with E-state index in [1.54, 1.807) is 0 Å². The number of nitrogens with one attached hydrogen (secondary N) is 1. The summed E-state index contributed by atoms with van der Waals surface area (Å²) in [6.07, 6.45) is 0.145. The van der Waals surface area contributed by atoms with Crippen LogP contribution < -0.4 is 5.32 Å². The molecule has 1 fully saturated rings. The standard InChI is InChI=1S/C21H24N2O3/c1-13-11-23(12-14(2)25-13)21(24)15(3)22-16-8-9-20-18(10-16)17-6-4-5-7-19(17)26-20/h4-10,13-15,22H,11-12H2,1-3H3. The van der Waals surface area contributed by atoms with E-state index in [4.69, 9.17) is 9.15 Å². The lowest BCUT2D eigenvalue weighted by Crippen LogP contribution is -2.52. The number of morpholine rings is 1. The van der Waals surface area contributed by atoms with Gasteiger partial charge < -0.3 is 19.4 Å². The summed E-state index contributed by atoms with van der Waals surface area (Å²) in [5.74, 6) is 0.101. The second kappa shape index (κ2) is 6.65. The molecule has 136 valence electrons. The second-order valence-corrected chi connectivity index (χ2v) is 7.18. The summed E-state index contributed by atoms with van der Waals surface area (Å²) in [4.78, 5) is 14.7. The molecular weight excluding hydrogens is 328 g/mol. The van der Waals surface area contributed by atoms with Gasteiger partial charge in [0.05, 0.1) is 12.2 Å². The fourth-order valence-electron chi connectivity index (χ4n) is 3.76. The molecule has 2 aromatic carbocycles. The first kappa shape index (κ1) is 16.9. The van der Waals surface area contributed by atoms with Crippen molar-refractivity contribution >= 4 is 33.5 Å². The molecule has 1 amide bonds. The Labute approximate surface area is 152 Å². The zero-order valence-electron chi connectivity index (χ0n) is 15.4. The lowest BCUT2D eigenvalue weighted by molar-refractivity contribution is -0.143. The van der Waals surface area contributed by atoms with Gasteiger partial charge in [0.25, 0.3) is 0 Å². The first-order chi connectivity index (χ1) is 12.5. The minimum Gasteiger partial charge on any atom is -0.456 e. The van der Waals surface area contributed by atoms with Crippen LogP contribution in [0, 0.1) is 0 Å². The lowest BCUT2D eigenvalue weighted by Gasteiger charge is -2.36. The largest absolute Gasteiger partial charge is 0.456 e. The fourth-order valence-corrected chi connectivity index (χ4v) is 3.76. The van der Waals surface area contributed by atoms with Crippen LogP contribution in [-0.4, -0.2) is 42.1 Å². The van der Waals surface area contributed by atoms with E-state index in [9.17, 15) is 4.79 Å². The fraction of sp³-hybridized carbons (Fsp3) is 0.381. The zero-order valence-corrected chi connectivity index (χ0v) is 15.4. The Morgan fingerprint density at radius 1 is 1.08 bits per heavy atom. The number of hydrogen-bond donors (Lipinski definition) is 1. The number of hydrogen-bond acceptors (Lipinski definition) is 4. The molecule has 1 aromatic heterocycles. The van der Waals surface area contributed by atoms with Gasteiger partial charge in [-0.1, -0.05) is 18.2 Å². The topological polar surface area (TPSA) is 54.7 Å². The highest BCUT2D eigenvalue weighted by Crippen LogP contribution is 2.30. The normalized spacial score (nSPS) is 21.9. The molecule has 0 spiro atoms. The third-order valence-corrected chi connectivity index (χ3v) is 4.86. The molecule has 1 N–H and O–H groups in total. The number of anilines is 1.